The number of hydrogen-bond donors (Lipinski definition) is 0. The summed E-state index contributed by atoms with van der Waals surface area (Å²) in [6.45, 7) is 1.87. The number of benzene rings is 1. The number of ketones is 1. The molecule has 4 heteroatoms. The lowest BCUT2D eigenvalue weighted by Crippen LogP contribution is -2.21. The molecule has 1 aromatic carbocycles. The Morgan fingerprint density at radius 2 is 2.19 bits per heavy atom. The maximum atomic E-state index is 12.7. The number of aryl methyl sites for hydroxylation is 3. The average molecular weight is 303 g/mol. The summed E-state index contributed by atoms with van der Waals surface area (Å²) in [6.07, 6.45) is 3.44. The van der Waals surface area contributed by atoms with E-state index < -0.39 is 0 Å². The number of Topliss-reactive ketones (excluding diaryl/α,β-unsaturated/α-hetero) is 1. The van der Waals surface area contributed by atoms with E-state index >= 15 is 0 Å². The van der Waals surface area contributed by atoms with Gasteiger partial charge in [0.05, 0.1) is 22.8 Å². The van der Waals surface area contributed by atoms with Crippen molar-refractivity contribution in [1.29, 1.82) is 0 Å². The molecular formula is C17H19ClN2O. The zero-order chi connectivity index (χ0) is 15.0. The fourth-order valence-electron chi connectivity index (χ4n) is 3.25. The molecule has 1 heterocycles. The standard InChI is InChI=1S/C17H19ClN2O/c1-11-17(18)15(20(2)19-11)10-16(21)14-9-5-7-12-6-3-4-8-13(12)14/h3-4,6,8,14H,5,7,9-10H2,1-2H3. The molecule has 2 aromatic rings. The largest absolute Gasteiger partial charge is 0.299 e. The van der Waals surface area contributed by atoms with Crippen LogP contribution < -0.4 is 0 Å². The van der Waals surface area contributed by atoms with Crippen LogP contribution in [0.15, 0.2) is 24.3 Å². The van der Waals surface area contributed by atoms with E-state index in [1.807, 2.05) is 26.1 Å². The number of aromatic nitrogens is 2. The van der Waals surface area contributed by atoms with Crippen molar-refractivity contribution in [3.8, 4) is 0 Å². The Kier molecular flexibility index (Phi) is 3.85. The van der Waals surface area contributed by atoms with E-state index in [1.54, 1.807) is 4.68 Å². The van der Waals surface area contributed by atoms with Crippen molar-refractivity contribution in [2.45, 2.75) is 38.5 Å². The molecule has 21 heavy (non-hydrogen) atoms. The van der Waals surface area contributed by atoms with Gasteiger partial charge in [0.2, 0.25) is 0 Å². The van der Waals surface area contributed by atoms with E-state index in [1.165, 1.54) is 11.1 Å². The smallest absolute Gasteiger partial charge is 0.146 e. The molecule has 110 valence electrons. The molecule has 0 saturated carbocycles. The predicted molar refractivity (Wildman–Crippen MR) is 83.8 cm³/mol. The molecule has 1 unspecified atom stereocenters. The van der Waals surface area contributed by atoms with Crippen LogP contribution in [0, 0.1) is 6.92 Å². The van der Waals surface area contributed by atoms with Gasteiger partial charge < -0.3 is 0 Å². The highest BCUT2D eigenvalue weighted by molar-refractivity contribution is 6.32. The minimum atomic E-state index is 0.00113. The van der Waals surface area contributed by atoms with E-state index in [0.29, 0.717) is 11.4 Å². The van der Waals surface area contributed by atoms with Crippen molar-refractivity contribution in [3.05, 3.63) is 51.8 Å². The zero-order valence-electron chi connectivity index (χ0n) is 12.4. The van der Waals surface area contributed by atoms with Gasteiger partial charge in [-0.1, -0.05) is 35.9 Å². The Hall–Kier alpha value is -1.61. The van der Waals surface area contributed by atoms with E-state index in [9.17, 15) is 4.79 Å². The second kappa shape index (κ2) is 5.64. The second-order valence-electron chi connectivity index (χ2n) is 5.76. The van der Waals surface area contributed by atoms with Crippen molar-refractivity contribution in [2.75, 3.05) is 0 Å². The van der Waals surface area contributed by atoms with Crippen molar-refractivity contribution in [1.82, 2.24) is 9.78 Å². The maximum Gasteiger partial charge on any atom is 0.146 e. The van der Waals surface area contributed by atoms with Crippen LogP contribution in [0.5, 0.6) is 0 Å². The van der Waals surface area contributed by atoms with Crippen LogP contribution in [0.2, 0.25) is 5.02 Å². The summed E-state index contributed by atoms with van der Waals surface area (Å²) in [5.74, 6) is 0.244. The lowest BCUT2D eigenvalue weighted by atomic mass is 9.79. The van der Waals surface area contributed by atoms with Crippen molar-refractivity contribution in [2.24, 2.45) is 7.05 Å². The van der Waals surface area contributed by atoms with Gasteiger partial charge in [0.1, 0.15) is 5.78 Å². The zero-order valence-corrected chi connectivity index (χ0v) is 13.2. The summed E-state index contributed by atoms with van der Waals surface area (Å²) in [4.78, 5) is 12.7. The highest BCUT2D eigenvalue weighted by atomic mass is 35.5. The normalized spacial score (nSPS) is 17.6. The second-order valence-corrected chi connectivity index (χ2v) is 6.13. The molecule has 1 aliphatic carbocycles. The highest BCUT2D eigenvalue weighted by Gasteiger charge is 2.27. The van der Waals surface area contributed by atoms with E-state index in [4.69, 9.17) is 11.6 Å². The Bertz CT molecular complexity index is 690. The minimum absolute atomic E-state index is 0.00113. The molecule has 1 aliphatic rings. The SMILES string of the molecule is Cc1nn(C)c(CC(=O)C2CCCc3ccccc32)c1Cl. The molecule has 0 spiro atoms. The maximum absolute atomic E-state index is 12.7. The van der Waals surface area contributed by atoms with Gasteiger partial charge in [0, 0.05) is 13.0 Å². The van der Waals surface area contributed by atoms with Crippen LogP contribution in [0.25, 0.3) is 0 Å². The van der Waals surface area contributed by atoms with Gasteiger partial charge in [-0.3, -0.25) is 9.48 Å². The van der Waals surface area contributed by atoms with Gasteiger partial charge in [0.15, 0.2) is 0 Å². The first kappa shape index (κ1) is 14.3. The summed E-state index contributed by atoms with van der Waals surface area (Å²) in [6, 6.07) is 8.29. The van der Waals surface area contributed by atoms with Crippen LogP contribution in [-0.4, -0.2) is 15.6 Å². The third kappa shape index (κ3) is 2.62. The Morgan fingerprint density at radius 1 is 1.43 bits per heavy atom. The number of rotatable bonds is 3. The summed E-state index contributed by atoms with van der Waals surface area (Å²) >= 11 is 6.26. The van der Waals surface area contributed by atoms with E-state index in [2.05, 4.69) is 17.2 Å². The molecule has 3 nitrogen and oxygen atoms in total. The molecular weight excluding hydrogens is 284 g/mol. The van der Waals surface area contributed by atoms with Gasteiger partial charge in [0.25, 0.3) is 0 Å². The van der Waals surface area contributed by atoms with Gasteiger partial charge in [-0.15, -0.1) is 0 Å². The number of fused-ring (bicyclic) bond motifs is 1. The monoisotopic (exact) mass is 302 g/mol. The van der Waals surface area contributed by atoms with E-state index in [0.717, 1.165) is 30.7 Å². The summed E-state index contributed by atoms with van der Waals surface area (Å²) in [7, 11) is 1.84. The fraction of sp³-hybridized carbons (Fsp3) is 0.412. The molecule has 0 radical (unpaired) electrons. The average Bonchev–Trinajstić information content (AvgIpc) is 2.73. The molecule has 3 rings (SSSR count). The van der Waals surface area contributed by atoms with Gasteiger partial charge in [-0.25, -0.2) is 0 Å². The molecule has 0 aliphatic heterocycles. The molecule has 0 bridgehead atoms. The topological polar surface area (TPSA) is 34.9 Å². The van der Waals surface area contributed by atoms with Crippen molar-refractivity contribution < 1.29 is 4.79 Å². The Balaban J connectivity index is 1.87. The fourth-order valence-corrected chi connectivity index (χ4v) is 3.48. The first-order valence-electron chi connectivity index (χ1n) is 7.36. The predicted octanol–water partition coefficient (Wildman–Crippen LogP) is 3.61. The Labute approximate surface area is 129 Å². The highest BCUT2D eigenvalue weighted by Crippen LogP contribution is 2.33. The summed E-state index contributed by atoms with van der Waals surface area (Å²) < 4.78 is 1.73. The lowest BCUT2D eigenvalue weighted by Gasteiger charge is -2.24. The number of carbonyl (C=O) groups excluding carboxylic acids is 1. The molecule has 0 fully saturated rings. The number of hydrogen-bond acceptors (Lipinski definition) is 2. The summed E-state index contributed by atoms with van der Waals surface area (Å²) in [5.41, 5.74) is 4.12. The molecule has 0 N–H and O–H groups in total. The first-order valence-corrected chi connectivity index (χ1v) is 7.74. The number of carbonyl (C=O) groups is 1. The van der Waals surface area contributed by atoms with Crippen molar-refractivity contribution in [3.63, 3.8) is 0 Å². The van der Waals surface area contributed by atoms with E-state index in [-0.39, 0.29) is 11.7 Å². The quantitative estimate of drug-likeness (QED) is 0.868. The van der Waals surface area contributed by atoms with Gasteiger partial charge in [-0.05, 0) is 37.3 Å². The van der Waals surface area contributed by atoms with Crippen LogP contribution in [0.3, 0.4) is 0 Å². The number of halogens is 1. The van der Waals surface area contributed by atoms with Crippen LogP contribution in [-0.2, 0) is 24.7 Å². The molecule has 0 amide bonds. The number of nitrogens with zero attached hydrogens (tertiary/aromatic N) is 2. The van der Waals surface area contributed by atoms with Crippen molar-refractivity contribution >= 4 is 17.4 Å². The van der Waals surface area contributed by atoms with Gasteiger partial charge in [-0.2, -0.15) is 5.10 Å². The third-order valence-electron chi connectivity index (χ3n) is 4.36. The Morgan fingerprint density at radius 3 is 2.90 bits per heavy atom. The van der Waals surface area contributed by atoms with Crippen LogP contribution >= 0.6 is 11.6 Å². The minimum Gasteiger partial charge on any atom is -0.299 e. The molecule has 1 aromatic heterocycles. The molecule has 0 saturated heterocycles. The molecule has 1 atom stereocenters. The summed E-state index contributed by atoms with van der Waals surface area (Å²) in [5, 5.41) is 4.91. The van der Waals surface area contributed by atoms with Gasteiger partial charge >= 0.3 is 0 Å². The lowest BCUT2D eigenvalue weighted by molar-refractivity contribution is -0.120. The first-order chi connectivity index (χ1) is 10.1. The third-order valence-corrected chi connectivity index (χ3v) is 4.85. The van der Waals surface area contributed by atoms with Crippen LogP contribution in [0.4, 0.5) is 0 Å². The van der Waals surface area contributed by atoms with Crippen LogP contribution in [0.1, 0.15) is 41.3 Å².